The van der Waals surface area contributed by atoms with E-state index in [1.807, 2.05) is 0 Å². The van der Waals surface area contributed by atoms with Crippen LogP contribution in [0.5, 0.6) is 0 Å². The van der Waals surface area contributed by atoms with Gasteiger partial charge < -0.3 is 11.1 Å². The van der Waals surface area contributed by atoms with E-state index in [0.29, 0.717) is 16.0 Å². The summed E-state index contributed by atoms with van der Waals surface area (Å²) in [5.74, 6) is -0.900. The standard InChI is InChI=1S/C14H17BrFN3OS/c15-11-3-1-2-10(13(11)16)14(20)18-9-4-6-19(7-5-9)8-12(17)21/h1-3,9H,4-8H2,(H2,17,21)(H,18,20). The highest BCUT2D eigenvalue weighted by Crippen LogP contribution is 2.19. The van der Waals surface area contributed by atoms with Gasteiger partial charge in [0.25, 0.3) is 5.91 Å². The van der Waals surface area contributed by atoms with E-state index in [9.17, 15) is 9.18 Å². The van der Waals surface area contributed by atoms with Crippen molar-refractivity contribution >= 4 is 39.0 Å². The minimum atomic E-state index is -0.527. The summed E-state index contributed by atoms with van der Waals surface area (Å²) in [6.45, 7) is 2.25. The van der Waals surface area contributed by atoms with Crippen LogP contribution in [0.25, 0.3) is 0 Å². The maximum atomic E-state index is 13.9. The van der Waals surface area contributed by atoms with E-state index in [1.54, 1.807) is 12.1 Å². The number of thiocarbonyl (C=S) groups is 1. The minimum absolute atomic E-state index is 0.0541. The van der Waals surface area contributed by atoms with E-state index in [-0.39, 0.29) is 17.5 Å². The van der Waals surface area contributed by atoms with Crippen LogP contribution in [-0.4, -0.2) is 41.5 Å². The molecule has 1 fully saturated rings. The summed E-state index contributed by atoms with van der Waals surface area (Å²) in [4.78, 5) is 14.8. The first kappa shape index (κ1) is 16.3. The summed E-state index contributed by atoms with van der Waals surface area (Å²) < 4.78 is 14.2. The summed E-state index contributed by atoms with van der Waals surface area (Å²) in [5, 5.41) is 2.89. The molecule has 21 heavy (non-hydrogen) atoms. The van der Waals surface area contributed by atoms with Crippen LogP contribution in [0.2, 0.25) is 0 Å². The van der Waals surface area contributed by atoms with Crippen LogP contribution in [-0.2, 0) is 0 Å². The predicted molar refractivity (Wildman–Crippen MR) is 87.8 cm³/mol. The van der Waals surface area contributed by atoms with Crippen molar-refractivity contribution in [3.63, 3.8) is 0 Å². The van der Waals surface area contributed by atoms with Crippen molar-refractivity contribution < 1.29 is 9.18 Å². The molecule has 0 radical (unpaired) electrons. The molecule has 114 valence electrons. The molecule has 1 aromatic carbocycles. The van der Waals surface area contributed by atoms with Crippen LogP contribution >= 0.6 is 28.1 Å². The van der Waals surface area contributed by atoms with E-state index >= 15 is 0 Å². The molecule has 3 N–H and O–H groups in total. The molecule has 0 aromatic heterocycles. The molecule has 1 amide bonds. The molecular weight excluding hydrogens is 357 g/mol. The fraction of sp³-hybridized carbons (Fsp3) is 0.429. The highest BCUT2D eigenvalue weighted by atomic mass is 79.9. The molecule has 0 atom stereocenters. The Labute approximate surface area is 137 Å². The van der Waals surface area contributed by atoms with Gasteiger partial charge in [0.15, 0.2) is 0 Å². The number of nitrogens with one attached hydrogen (secondary N) is 1. The van der Waals surface area contributed by atoms with Crippen molar-refractivity contribution in [2.24, 2.45) is 5.73 Å². The number of benzene rings is 1. The van der Waals surface area contributed by atoms with Gasteiger partial charge in [-0.25, -0.2) is 4.39 Å². The van der Waals surface area contributed by atoms with Crippen molar-refractivity contribution in [2.45, 2.75) is 18.9 Å². The van der Waals surface area contributed by atoms with Gasteiger partial charge in [-0.15, -0.1) is 0 Å². The van der Waals surface area contributed by atoms with Crippen LogP contribution in [0.3, 0.4) is 0 Å². The summed E-state index contributed by atoms with van der Waals surface area (Å²) in [6.07, 6.45) is 1.62. The first-order chi connectivity index (χ1) is 9.97. The topological polar surface area (TPSA) is 58.4 Å². The monoisotopic (exact) mass is 373 g/mol. The highest BCUT2D eigenvalue weighted by molar-refractivity contribution is 9.10. The average molecular weight is 374 g/mol. The highest BCUT2D eigenvalue weighted by Gasteiger charge is 2.22. The number of nitrogens with two attached hydrogens (primary N) is 1. The maximum Gasteiger partial charge on any atom is 0.254 e. The van der Waals surface area contributed by atoms with Gasteiger partial charge in [-0.1, -0.05) is 18.3 Å². The van der Waals surface area contributed by atoms with E-state index in [1.165, 1.54) is 6.07 Å². The third kappa shape index (κ3) is 4.46. The lowest BCUT2D eigenvalue weighted by molar-refractivity contribution is 0.0910. The first-order valence-electron chi connectivity index (χ1n) is 6.73. The minimum Gasteiger partial charge on any atom is -0.392 e. The van der Waals surface area contributed by atoms with Crippen molar-refractivity contribution in [1.29, 1.82) is 0 Å². The van der Waals surface area contributed by atoms with E-state index in [2.05, 4.69) is 26.1 Å². The fourth-order valence-corrected chi connectivity index (χ4v) is 2.95. The number of piperidine rings is 1. The van der Waals surface area contributed by atoms with Crippen LogP contribution < -0.4 is 11.1 Å². The van der Waals surface area contributed by atoms with Crippen LogP contribution in [0, 0.1) is 5.82 Å². The van der Waals surface area contributed by atoms with Gasteiger partial charge in [0, 0.05) is 25.7 Å². The Hall–Kier alpha value is -1.05. The molecule has 0 spiro atoms. The third-order valence-electron chi connectivity index (χ3n) is 3.50. The van der Waals surface area contributed by atoms with Crippen molar-refractivity contribution in [2.75, 3.05) is 19.6 Å². The quantitative estimate of drug-likeness (QED) is 0.793. The van der Waals surface area contributed by atoms with Gasteiger partial charge in [0.1, 0.15) is 5.82 Å². The molecule has 1 heterocycles. The summed E-state index contributed by atoms with van der Waals surface area (Å²) in [6, 6.07) is 4.75. The second kappa shape index (κ2) is 7.29. The number of hydrogen-bond donors (Lipinski definition) is 2. The molecule has 1 saturated heterocycles. The van der Waals surface area contributed by atoms with Gasteiger partial charge in [0.2, 0.25) is 0 Å². The molecule has 0 aliphatic carbocycles. The molecule has 1 aromatic rings. The Bertz CT molecular complexity index is 547. The zero-order valence-corrected chi connectivity index (χ0v) is 13.8. The Morgan fingerprint density at radius 2 is 2.14 bits per heavy atom. The lowest BCUT2D eigenvalue weighted by Crippen LogP contribution is -2.46. The number of carbonyl (C=O) groups excluding carboxylic acids is 1. The summed E-state index contributed by atoms with van der Waals surface area (Å²) >= 11 is 7.97. The molecule has 0 saturated carbocycles. The van der Waals surface area contributed by atoms with Gasteiger partial charge >= 0.3 is 0 Å². The molecule has 4 nitrogen and oxygen atoms in total. The zero-order valence-electron chi connectivity index (χ0n) is 11.4. The molecular formula is C14H17BrFN3OS. The lowest BCUT2D eigenvalue weighted by atomic mass is 10.0. The van der Waals surface area contributed by atoms with Gasteiger partial charge in [-0.3, -0.25) is 9.69 Å². The van der Waals surface area contributed by atoms with Crippen LogP contribution in [0.15, 0.2) is 22.7 Å². The van der Waals surface area contributed by atoms with Crippen LogP contribution in [0.1, 0.15) is 23.2 Å². The molecule has 2 rings (SSSR count). The Kier molecular flexibility index (Phi) is 5.66. The summed E-state index contributed by atoms with van der Waals surface area (Å²) in [5.41, 5.74) is 5.58. The van der Waals surface area contributed by atoms with E-state index < -0.39 is 5.82 Å². The van der Waals surface area contributed by atoms with Crippen molar-refractivity contribution in [1.82, 2.24) is 10.2 Å². The second-order valence-electron chi connectivity index (χ2n) is 5.09. The third-order valence-corrected chi connectivity index (χ3v) is 4.24. The van der Waals surface area contributed by atoms with Crippen LogP contribution in [0.4, 0.5) is 4.39 Å². The number of carbonyl (C=O) groups is 1. The molecule has 7 heteroatoms. The molecule has 1 aliphatic rings. The first-order valence-corrected chi connectivity index (χ1v) is 7.93. The summed E-state index contributed by atoms with van der Waals surface area (Å²) in [7, 11) is 0. The lowest BCUT2D eigenvalue weighted by Gasteiger charge is -2.32. The van der Waals surface area contributed by atoms with Gasteiger partial charge in [-0.2, -0.15) is 0 Å². The number of hydrogen-bond acceptors (Lipinski definition) is 3. The Morgan fingerprint density at radius 3 is 2.76 bits per heavy atom. The van der Waals surface area contributed by atoms with E-state index in [0.717, 1.165) is 25.9 Å². The number of amides is 1. The predicted octanol–water partition coefficient (Wildman–Crippen LogP) is 2.07. The number of rotatable bonds is 4. The van der Waals surface area contributed by atoms with Crippen molar-refractivity contribution in [3.8, 4) is 0 Å². The number of nitrogens with zero attached hydrogens (tertiary/aromatic N) is 1. The normalized spacial score (nSPS) is 16.7. The van der Waals surface area contributed by atoms with Gasteiger partial charge in [-0.05, 0) is 40.9 Å². The molecule has 0 unspecified atom stereocenters. The molecule has 1 aliphatic heterocycles. The van der Waals surface area contributed by atoms with Crippen molar-refractivity contribution in [3.05, 3.63) is 34.1 Å². The molecule has 0 bridgehead atoms. The SMILES string of the molecule is NC(=S)CN1CCC(NC(=O)c2cccc(Br)c2F)CC1. The van der Waals surface area contributed by atoms with E-state index in [4.69, 9.17) is 18.0 Å². The smallest absolute Gasteiger partial charge is 0.254 e. The number of likely N-dealkylation sites (tertiary alicyclic amines) is 1. The zero-order chi connectivity index (χ0) is 15.4. The Balaban J connectivity index is 1.90. The average Bonchev–Trinajstić information content (AvgIpc) is 2.43. The second-order valence-corrected chi connectivity index (χ2v) is 6.47. The largest absolute Gasteiger partial charge is 0.392 e. The maximum absolute atomic E-state index is 13.9. The van der Waals surface area contributed by atoms with Gasteiger partial charge in [0.05, 0.1) is 15.0 Å². The Morgan fingerprint density at radius 1 is 1.48 bits per heavy atom. The number of halogens is 2. The fourth-order valence-electron chi connectivity index (χ4n) is 2.40.